The van der Waals surface area contributed by atoms with Crippen LogP contribution in [0.15, 0.2) is 91.0 Å². The van der Waals surface area contributed by atoms with Crippen LogP contribution in [0.1, 0.15) is 63.1 Å². The largest absolute Gasteiger partial charge is 0.445 e. The van der Waals surface area contributed by atoms with E-state index in [9.17, 15) is 24.6 Å². The molecule has 1 saturated carbocycles. The van der Waals surface area contributed by atoms with Gasteiger partial charge in [0.1, 0.15) is 37.6 Å². The van der Waals surface area contributed by atoms with Crippen LogP contribution in [0, 0.1) is 11.8 Å². The molecule has 1 heterocycles. The van der Waals surface area contributed by atoms with E-state index in [2.05, 4.69) is 16.0 Å². The Morgan fingerprint density at radius 3 is 1.89 bits per heavy atom. The molecule has 1 saturated heterocycles. The summed E-state index contributed by atoms with van der Waals surface area (Å²) in [5, 5.41) is 32.0. The van der Waals surface area contributed by atoms with Crippen molar-refractivity contribution in [1.29, 1.82) is 0 Å². The maximum absolute atomic E-state index is 13.5. The lowest BCUT2D eigenvalue weighted by atomic mass is 9.80. The molecule has 3 aromatic carbocycles. The smallest absolute Gasteiger partial charge is 0.407 e. The van der Waals surface area contributed by atoms with Crippen molar-refractivity contribution >= 4 is 18.1 Å². The third-order valence-electron chi connectivity index (χ3n) is 10.1. The van der Waals surface area contributed by atoms with Crippen LogP contribution in [-0.4, -0.2) is 83.7 Å². The number of amides is 3. The highest BCUT2D eigenvalue weighted by atomic mass is 16.7. The highest BCUT2D eigenvalue weighted by Crippen LogP contribution is 2.33. The summed E-state index contributed by atoms with van der Waals surface area (Å²) in [6.07, 6.45) is -5.55. The second-order valence-corrected chi connectivity index (χ2v) is 14.4. The van der Waals surface area contributed by atoms with E-state index >= 15 is 0 Å². The molecule has 1 aliphatic heterocycles. The molecule has 10 atom stereocenters. The van der Waals surface area contributed by atoms with Gasteiger partial charge in [-0.15, -0.1) is 0 Å². The van der Waals surface area contributed by atoms with Crippen LogP contribution < -0.4 is 16.0 Å². The van der Waals surface area contributed by atoms with Crippen molar-refractivity contribution < 1.29 is 48.3 Å². The molecule has 5 rings (SSSR count). The number of carbonyl (C=O) groups excluding carboxylic acids is 3. The third-order valence-corrected chi connectivity index (χ3v) is 10.1. The molecule has 2 fully saturated rings. The number of aliphatic hydroxyl groups excluding tert-OH is 2. The monoisotopic (exact) mass is 761 g/mol. The average Bonchev–Trinajstić information content (AvgIpc) is 3.20. The first-order chi connectivity index (χ1) is 26.6. The molecule has 3 aromatic rings. The number of hydrogen-bond acceptors (Lipinski definition) is 10. The van der Waals surface area contributed by atoms with E-state index < -0.39 is 61.1 Å². The minimum atomic E-state index is -1.59. The lowest BCUT2D eigenvalue weighted by molar-refractivity contribution is -0.276. The van der Waals surface area contributed by atoms with Crippen LogP contribution in [0.3, 0.4) is 0 Å². The molecule has 13 nitrogen and oxygen atoms in total. The number of nitrogens with one attached hydrogen (secondary N) is 3. The molecule has 0 aromatic heterocycles. The number of carbonyl (C=O) groups is 3. The number of alkyl carbamates (subject to hydrolysis) is 2. The predicted octanol–water partition coefficient (Wildman–Crippen LogP) is 4.98. The molecular weight excluding hydrogens is 706 g/mol. The maximum atomic E-state index is 13.5. The lowest BCUT2D eigenvalue weighted by Crippen LogP contribution is -2.73. The SMILES string of the molecule is CCC[C@H](C)C(=O)N[C@@H]1C(OCc2ccccc2)[C@H](NC(=O)OCc2ccccc2)C(O[C@H]2OC(CNC(=O)OCc3ccccc3)CCC2C)C(O)[C@H]1O. The molecule has 0 bridgehead atoms. The van der Waals surface area contributed by atoms with Crippen molar-refractivity contribution in [3.8, 4) is 0 Å². The Bertz CT molecular complexity index is 1620. The first kappa shape index (κ1) is 41.6. The molecule has 1 aliphatic carbocycles. The fraction of sp³-hybridized carbons (Fsp3) is 0.500. The third kappa shape index (κ3) is 12.2. The molecule has 0 radical (unpaired) electrons. The van der Waals surface area contributed by atoms with Crippen LogP contribution in [0.5, 0.6) is 0 Å². The average molecular weight is 762 g/mol. The van der Waals surface area contributed by atoms with Gasteiger partial charge >= 0.3 is 12.2 Å². The van der Waals surface area contributed by atoms with Gasteiger partial charge in [-0.3, -0.25) is 4.79 Å². The molecule has 2 aliphatic rings. The van der Waals surface area contributed by atoms with E-state index in [1.807, 2.05) is 105 Å². The molecule has 3 amide bonds. The minimum Gasteiger partial charge on any atom is -0.445 e. The normalized spacial score (nSPS) is 27.0. The van der Waals surface area contributed by atoms with Gasteiger partial charge in [0, 0.05) is 18.4 Å². The van der Waals surface area contributed by atoms with Gasteiger partial charge in [0.15, 0.2) is 6.29 Å². The van der Waals surface area contributed by atoms with Gasteiger partial charge in [0.25, 0.3) is 0 Å². The fourth-order valence-corrected chi connectivity index (χ4v) is 6.89. The number of aliphatic hydroxyl groups is 2. The highest BCUT2D eigenvalue weighted by molar-refractivity contribution is 5.78. The van der Waals surface area contributed by atoms with Gasteiger partial charge in [0.2, 0.25) is 5.91 Å². The molecular formula is C42H55N3O10. The summed E-state index contributed by atoms with van der Waals surface area (Å²) in [7, 11) is 0. The Morgan fingerprint density at radius 1 is 0.745 bits per heavy atom. The quantitative estimate of drug-likeness (QED) is 0.134. The zero-order chi connectivity index (χ0) is 39.2. The highest BCUT2D eigenvalue weighted by Gasteiger charge is 2.54. The van der Waals surface area contributed by atoms with Gasteiger partial charge in [-0.1, -0.05) is 118 Å². The van der Waals surface area contributed by atoms with Crippen molar-refractivity contribution in [3.05, 3.63) is 108 Å². The van der Waals surface area contributed by atoms with Crippen molar-refractivity contribution in [2.75, 3.05) is 6.54 Å². The summed E-state index contributed by atoms with van der Waals surface area (Å²) < 4.78 is 30.3. The van der Waals surface area contributed by atoms with E-state index in [-0.39, 0.29) is 44.1 Å². The van der Waals surface area contributed by atoms with Crippen LogP contribution >= 0.6 is 0 Å². The maximum Gasteiger partial charge on any atom is 0.407 e. The fourth-order valence-electron chi connectivity index (χ4n) is 6.89. The van der Waals surface area contributed by atoms with Crippen molar-refractivity contribution in [2.24, 2.45) is 11.8 Å². The minimum absolute atomic E-state index is 0.0223. The standard InChI is InChI=1S/C42H55N3O10/c1-4-14-27(2)39(48)44-33-35(46)36(47)38(55-40-28(3)21-22-32(54-40)23-43-41(49)52-25-30-17-10-6-11-18-30)34(37(33)51-24-29-15-8-5-9-16-29)45-42(50)53-26-31-19-12-7-13-20-31/h5-13,15-20,27-28,32-38,40,46-47H,4,14,21-26H2,1-3H3,(H,43,49)(H,44,48)(H,45,50)/t27-,28?,32?,33-,34-,35-,36?,37?,38?,40+/m0/s1. The lowest BCUT2D eigenvalue weighted by Gasteiger charge is -2.49. The van der Waals surface area contributed by atoms with Gasteiger partial charge in [-0.25, -0.2) is 9.59 Å². The summed E-state index contributed by atoms with van der Waals surface area (Å²) in [6.45, 7) is 6.03. The van der Waals surface area contributed by atoms with E-state index in [0.717, 1.165) is 23.1 Å². The van der Waals surface area contributed by atoms with Gasteiger partial charge in [0.05, 0.1) is 24.8 Å². The Morgan fingerprint density at radius 2 is 1.31 bits per heavy atom. The molecule has 13 heteroatoms. The molecule has 5 unspecified atom stereocenters. The van der Waals surface area contributed by atoms with Crippen LogP contribution in [0.2, 0.25) is 0 Å². The summed E-state index contributed by atoms with van der Waals surface area (Å²) in [5.74, 6) is -0.858. The van der Waals surface area contributed by atoms with Gasteiger partial charge in [-0.05, 0) is 36.0 Å². The van der Waals surface area contributed by atoms with Gasteiger partial charge < -0.3 is 49.8 Å². The predicted molar refractivity (Wildman–Crippen MR) is 203 cm³/mol. The second-order valence-electron chi connectivity index (χ2n) is 14.4. The Hall–Kier alpha value is -4.53. The molecule has 298 valence electrons. The van der Waals surface area contributed by atoms with Crippen molar-refractivity contribution in [3.63, 3.8) is 0 Å². The number of rotatable bonds is 16. The van der Waals surface area contributed by atoms with E-state index in [1.54, 1.807) is 6.92 Å². The number of hydrogen-bond donors (Lipinski definition) is 5. The number of benzene rings is 3. The molecule has 0 spiro atoms. The van der Waals surface area contributed by atoms with E-state index in [4.69, 9.17) is 23.7 Å². The zero-order valence-electron chi connectivity index (χ0n) is 31.8. The molecule has 55 heavy (non-hydrogen) atoms. The Balaban J connectivity index is 1.35. The van der Waals surface area contributed by atoms with Crippen LogP contribution in [-0.2, 0) is 48.3 Å². The Labute approximate surface area is 323 Å². The topological polar surface area (TPSA) is 174 Å². The van der Waals surface area contributed by atoms with Crippen molar-refractivity contribution in [1.82, 2.24) is 16.0 Å². The first-order valence-corrected chi connectivity index (χ1v) is 19.2. The first-order valence-electron chi connectivity index (χ1n) is 19.2. The summed E-state index contributed by atoms with van der Waals surface area (Å²) in [5.41, 5.74) is 2.44. The van der Waals surface area contributed by atoms with Crippen LogP contribution in [0.25, 0.3) is 0 Å². The summed E-state index contributed by atoms with van der Waals surface area (Å²) in [6, 6.07) is 25.6. The van der Waals surface area contributed by atoms with Crippen molar-refractivity contribution in [2.45, 2.75) is 115 Å². The van der Waals surface area contributed by atoms with Crippen LogP contribution in [0.4, 0.5) is 9.59 Å². The van der Waals surface area contributed by atoms with E-state index in [1.165, 1.54) is 0 Å². The van der Waals surface area contributed by atoms with Gasteiger partial charge in [-0.2, -0.15) is 0 Å². The number of ether oxygens (including phenoxy) is 5. The molecule has 5 N–H and O–H groups in total. The zero-order valence-corrected chi connectivity index (χ0v) is 31.8. The summed E-state index contributed by atoms with van der Waals surface area (Å²) >= 11 is 0. The Kier molecular flexibility index (Phi) is 15.9. The second kappa shape index (κ2) is 21.0. The van der Waals surface area contributed by atoms with E-state index in [0.29, 0.717) is 19.3 Å². The summed E-state index contributed by atoms with van der Waals surface area (Å²) in [4.78, 5) is 39.4.